The number of furan rings is 1. The van der Waals surface area contributed by atoms with E-state index in [-0.39, 0.29) is 18.0 Å². The second-order valence-electron chi connectivity index (χ2n) is 8.53. The van der Waals surface area contributed by atoms with Crippen LogP contribution in [0.15, 0.2) is 40.3 Å². The predicted octanol–water partition coefficient (Wildman–Crippen LogP) is 5.40. The molecule has 2 amide bonds. The van der Waals surface area contributed by atoms with Gasteiger partial charge in [-0.3, -0.25) is 9.69 Å². The number of ether oxygens (including phenoxy) is 1. The average Bonchev–Trinajstić information content (AvgIpc) is 3.62. The second kappa shape index (κ2) is 10.3. The van der Waals surface area contributed by atoms with Gasteiger partial charge < -0.3 is 19.4 Å². The molecule has 1 aliphatic heterocycles. The van der Waals surface area contributed by atoms with Gasteiger partial charge in [-0.25, -0.2) is 4.79 Å². The maximum absolute atomic E-state index is 12.9. The van der Waals surface area contributed by atoms with E-state index >= 15 is 0 Å². The lowest BCUT2D eigenvalue weighted by atomic mass is 9.91. The first-order valence-corrected chi connectivity index (χ1v) is 13.5. The molecule has 1 atom stereocenters. The fourth-order valence-corrected chi connectivity index (χ4v) is 7.06. The van der Waals surface area contributed by atoms with Gasteiger partial charge >= 0.3 is 6.09 Å². The third-order valence-corrected chi connectivity index (χ3v) is 8.62. The summed E-state index contributed by atoms with van der Waals surface area (Å²) in [4.78, 5) is 32.0. The van der Waals surface area contributed by atoms with E-state index in [1.807, 2.05) is 6.92 Å². The number of aryl methyl sites for hydroxylation is 1. The van der Waals surface area contributed by atoms with Gasteiger partial charge in [0.25, 0.3) is 5.91 Å². The maximum Gasteiger partial charge on any atom is 0.409 e. The van der Waals surface area contributed by atoms with Crippen LogP contribution in [0.25, 0.3) is 0 Å². The molecule has 4 heterocycles. The molecule has 1 saturated heterocycles. The minimum absolute atomic E-state index is 0.0364. The van der Waals surface area contributed by atoms with Gasteiger partial charge in [0.1, 0.15) is 5.00 Å². The van der Waals surface area contributed by atoms with Crippen molar-refractivity contribution in [1.82, 2.24) is 9.80 Å². The number of nitrogens with zero attached hydrogens (tertiary/aromatic N) is 2. The molecule has 180 valence electrons. The van der Waals surface area contributed by atoms with Crippen molar-refractivity contribution in [2.45, 2.75) is 38.6 Å². The quantitative estimate of drug-likeness (QED) is 0.492. The Hall–Kier alpha value is -2.62. The number of piperazine rings is 1. The zero-order chi connectivity index (χ0) is 23.5. The van der Waals surface area contributed by atoms with Crippen molar-refractivity contribution in [3.8, 4) is 0 Å². The Kier molecular flexibility index (Phi) is 7.03. The molecular weight excluding hydrogens is 470 g/mol. The summed E-state index contributed by atoms with van der Waals surface area (Å²) in [5.41, 5.74) is 2.60. The van der Waals surface area contributed by atoms with Crippen LogP contribution in [0.3, 0.4) is 0 Å². The Bertz CT molecular complexity index is 1120. The van der Waals surface area contributed by atoms with Gasteiger partial charge in [0.05, 0.1) is 18.9 Å². The van der Waals surface area contributed by atoms with Crippen molar-refractivity contribution in [2.75, 3.05) is 38.1 Å². The average molecular weight is 500 g/mol. The standard InChI is InChI=1S/C25H29N3O4S2/c1-2-31-25(30)28-13-11-27(12-14-28)22(20-10-6-16-33-20)21-17-7-3-4-9-19(17)34-24(21)26-23(29)18-8-5-15-32-18/h5-6,8,10,15-16,22H,2-4,7,9,11-14H2,1H3,(H,26,29). The number of amides is 2. The van der Waals surface area contributed by atoms with Crippen LogP contribution in [0, 0.1) is 0 Å². The van der Waals surface area contributed by atoms with Gasteiger partial charge in [-0.15, -0.1) is 22.7 Å². The van der Waals surface area contributed by atoms with Gasteiger partial charge in [0, 0.05) is 41.5 Å². The molecule has 5 rings (SSSR count). The molecule has 1 unspecified atom stereocenters. The molecule has 0 spiro atoms. The van der Waals surface area contributed by atoms with Crippen LogP contribution < -0.4 is 5.32 Å². The van der Waals surface area contributed by atoms with E-state index in [9.17, 15) is 9.59 Å². The van der Waals surface area contributed by atoms with E-state index in [2.05, 4.69) is 27.7 Å². The lowest BCUT2D eigenvalue weighted by Crippen LogP contribution is -2.50. The molecule has 1 aliphatic carbocycles. The first-order chi connectivity index (χ1) is 16.7. The zero-order valence-electron chi connectivity index (χ0n) is 19.2. The van der Waals surface area contributed by atoms with Crippen molar-refractivity contribution in [1.29, 1.82) is 0 Å². The topological polar surface area (TPSA) is 75.0 Å². The SMILES string of the molecule is CCOC(=O)N1CCN(C(c2cccs2)c2c(NC(=O)c3ccco3)sc3c2CCCC3)CC1. The van der Waals surface area contributed by atoms with E-state index in [1.165, 1.54) is 33.6 Å². The fraction of sp³-hybridized carbons (Fsp3) is 0.440. The molecule has 1 N–H and O–H groups in total. The zero-order valence-corrected chi connectivity index (χ0v) is 20.9. The van der Waals surface area contributed by atoms with E-state index in [4.69, 9.17) is 9.15 Å². The molecule has 0 bridgehead atoms. The summed E-state index contributed by atoms with van der Waals surface area (Å²) < 4.78 is 10.6. The van der Waals surface area contributed by atoms with Crippen LogP contribution in [0.4, 0.5) is 9.80 Å². The summed E-state index contributed by atoms with van der Waals surface area (Å²) in [7, 11) is 0. The molecular formula is C25H29N3O4S2. The smallest absolute Gasteiger partial charge is 0.409 e. The summed E-state index contributed by atoms with van der Waals surface area (Å²) >= 11 is 3.45. The molecule has 0 radical (unpaired) electrons. The van der Waals surface area contributed by atoms with E-state index in [0.717, 1.165) is 37.4 Å². The molecule has 7 nitrogen and oxygen atoms in total. The van der Waals surface area contributed by atoms with Gasteiger partial charge in [-0.1, -0.05) is 6.07 Å². The van der Waals surface area contributed by atoms with Crippen LogP contribution in [0.5, 0.6) is 0 Å². The van der Waals surface area contributed by atoms with Crippen molar-refractivity contribution < 1.29 is 18.7 Å². The molecule has 0 saturated carbocycles. The summed E-state index contributed by atoms with van der Waals surface area (Å²) in [5, 5.41) is 6.20. The molecule has 1 fully saturated rings. The second-order valence-corrected chi connectivity index (χ2v) is 10.6. The minimum Gasteiger partial charge on any atom is -0.459 e. The van der Waals surface area contributed by atoms with E-state index < -0.39 is 0 Å². The highest BCUT2D eigenvalue weighted by Crippen LogP contribution is 2.46. The number of rotatable bonds is 6. The lowest BCUT2D eigenvalue weighted by Gasteiger charge is -2.39. The van der Waals surface area contributed by atoms with Gasteiger partial charge in [0.15, 0.2) is 5.76 Å². The van der Waals surface area contributed by atoms with Crippen molar-refractivity contribution >= 4 is 39.7 Å². The number of hydrogen-bond donors (Lipinski definition) is 1. The van der Waals surface area contributed by atoms with Crippen LogP contribution in [-0.4, -0.2) is 54.6 Å². The highest BCUT2D eigenvalue weighted by atomic mass is 32.1. The molecule has 9 heteroatoms. The largest absolute Gasteiger partial charge is 0.459 e. The predicted molar refractivity (Wildman–Crippen MR) is 134 cm³/mol. The summed E-state index contributed by atoms with van der Waals surface area (Å²) in [6.45, 7) is 4.97. The third-order valence-electron chi connectivity index (χ3n) is 6.48. The number of hydrogen-bond acceptors (Lipinski definition) is 7. The molecule has 2 aliphatic rings. The van der Waals surface area contributed by atoms with Gasteiger partial charge in [0.2, 0.25) is 0 Å². The number of anilines is 1. The van der Waals surface area contributed by atoms with Gasteiger partial charge in [-0.05, 0) is 61.7 Å². The van der Waals surface area contributed by atoms with E-state index in [0.29, 0.717) is 25.5 Å². The van der Waals surface area contributed by atoms with E-state index in [1.54, 1.807) is 39.7 Å². The molecule has 0 aromatic carbocycles. The molecule has 3 aromatic heterocycles. The van der Waals surface area contributed by atoms with Gasteiger partial charge in [-0.2, -0.15) is 0 Å². The Morgan fingerprint density at radius 1 is 1.15 bits per heavy atom. The number of carbonyl (C=O) groups is 2. The minimum atomic E-state index is -0.242. The monoisotopic (exact) mass is 499 g/mol. The Morgan fingerprint density at radius 3 is 2.68 bits per heavy atom. The van der Waals surface area contributed by atoms with Crippen molar-refractivity contribution in [2.24, 2.45) is 0 Å². The maximum atomic E-state index is 12.9. The highest BCUT2D eigenvalue weighted by molar-refractivity contribution is 7.16. The van der Waals surface area contributed by atoms with Crippen molar-refractivity contribution in [3.63, 3.8) is 0 Å². The summed E-state index contributed by atoms with van der Waals surface area (Å²) in [6.07, 6.45) is 5.71. The Morgan fingerprint density at radius 2 is 1.97 bits per heavy atom. The number of carbonyl (C=O) groups excluding carboxylic acids is 2. The first kappa shape index (κ1) is 23.1. The Balaban J connectivity index is 1.49. The van der Waals surface area contributed by atoms with Crippen LogP contribution in [0.2, 0.25) is 0 Å². The van der Waals surface area contributed by atoms with Crippen molar-refractivity contribution in [3.05, 3.63) is 62.6 Å². The normalized spacial score (nSPS) is 17.3. The Labute approximate surface area is 207 Å². The third kappa shape index (κ3) is 4.64. The lowest BCUT2D eigenvalue weighted by molar-refractivity contribution is 0.0718. The summed E-state index contributed by atoms with van der Waals surface area (Å²) in [5.74, 6) is 0.0925. The number of nitrogens with one attached hydrogen (secondary N) is 1. The van der Waals surface area contributed by atoms with Crippen LogP contribution >= 0.6 is 22.7 Å². The highest BCUT2D eigenvalue weighted by Gasteiger charge is 2.35. The summed E-state index contributed by atoms with van der Waals surface area (Å²) in [6, 6.07) is 7.72. The van der Waals surface area contributed by atoms with Crippen LogP contribution in [-0.2, 0) is 17.6 Å². The number of fused-ring (bicyclic) bond motifs is 1. The fourth-order valence-electron chi connectivity index (χ4n) is 4.87. The molecule has 34 heavy (non-hydrogen) atoms. The first-order valence-electron chi connectivity index (χ1n) is 11.8. The van der Waals surface area contributed by atoms with Crippen LogP contribution in [0.1, 0.15) is 57.2 Å². The molecule has 3 aromatic rings. The number of thiophene rings is 2.